The van der Waals surface area contributed by atoms with Crippen LogP contribution in [0.15, 0.2) is 29.2 Å². The van der Waals surface area contributed by atoms with Gasteiger partial charge in [0.05, 0.1) is 5.56 Å². The van der Waals surface area contributed by atoms with Crippen LogP contribution in [0.2, 0.25) is 0 Å². The van der Waals surface area contributed by atoms with E-state index < -0.39 is 5.91 Å². The summed E-state index contributed by atoms with van der Waals surface area (Å²) < 4.78 is 0. The first-order chi connectivity index (χ1) is 11.1. The molecule has 0 saturated heterocycles. The van der Waals surface area contributed by atoms with Crippen LogP contribution in [0.4, 0.5) is 0 Å². The second kappa shape index (κ2) is 8.72. The average Bonchev–Trinajstić information content (AvgIpc) is 2.55. The molecule has 23 heavy (non-hydrogen) atoms. The number of nitrogens with one attached hydrogen (secondary N) is 1. The molecule has 2 amide bonds. The predicted molar refractivity (Wildman–Crippen MR) is 90.0 cm³/mol. The molecule has 0 aliphatic heterocycles. The van der Waals surface area contributed by atoms with Crippen LogP contribution in [0.5, 0.6) is 0 Å². The molecule has 3 N–H and O–H groups in total. The lowest BCUT2D eigenvalue weighted by molar-refractivity contribution is -0.118. The minimum absolute atomic E-state index is 0.0970. The zero-order valence-electron chi connectivity index (χ0n) is 13.0. The van der Waals surface area contributed by atoms with Gasteiger partial charge < -0.3 is 11.1 Å². The summed E-state index contributed by atoms with van der Waals surface area (Å²) in [4.78, 5) is 36.0. The number of benzene rings is 1. The molecule has 1 aliphatic rings. The lowest BCUT2D eigenvalue weighted by Gasteiger charge is -2.20. The Kier molecular flexibility index (Phi) is 6.65. The van der Waals surface area contributed by atoms with E-state index in [4.69, 9.17) is 5.73 Å². The van der Waals surface area contributed by atoms with E-state index in [9.17, 15) is 14.4 Å². The van der Waals surface area contributed by atoms with Crippen molar-refractivity contribution in [1.29, 1.82) is 0 Å². The number of primary amides is 1. The fourth-order valence-corrected chi connectivity index (χ4v) is 3.70. The van der Waals surface area contributed by atoms with Crippen molar-refractivity contribution in [3.8, 4) is 0 Å². The molecule has 1 aromatic carbocycles. The number of amides is 2. The second-order valence-electron chi connectivity index (χ2n) is 5.72. The van der Waals surface area contributed by atoms with Crippen LogP contribution >= 0.6 is 11.8 Å². The summed E-state index contributed by atoms with van der Waals surface area (Å²) in [7, 11) is 0. The lowest BCUT2D eigenvalue weighted by Crippen LogP contribution is -2.28. The Morgan fingerprint density at radius 1 is 1.13 bits per heavy atom. The predicted octanol–water partition coefficient (Wildman–Crippen LogP) is 2.49. The largest absolute Gasteiger partial charge is 0.370 e. The SMILES string of the molecule is NC(=O)CCNC(=O)c1ccccc1SC(=O)C1CCCCC1. The fraction of sp³-hybridized carbons (Fsp3) is 0.471. The van der Waals surface area contributed by atoms with Gasteiger partial charge in [-0.05, 0) is 25.0 Å². The van der Waals surface area contributed by atoms with Gasteiger partial charge in [0.15, 0.2) is 5.12 Å². The molecule has 0 spiro atoms. The molecule has 0 unspecified atom stereocenters. The zero-order valence-corrected chi connectivity index (χ0v) is 13.9. The lowest BCUT2D eigenvalue weighted by atomic mass is 9.90. The van der Waals surface area contributed by atoms with Crippen LogP contribution < -0.4 is 11.1 Å². The first-order valence-corrected chi connectivity index (χ1v) is 8.77. The van der Waals surface area contributed by atoms with Crippen molar-refractivity contribution < 1.29 is 14.4 Å². The Bertz CT molecular complexity index is 583. The normalized spacial score (nSPS) is 15.1. The number of rotatable bonds is 6. The van der Waals surface area contributed by atoms with Crippen molar-refractivity contribution in [2.75, 3.05) is 6.54 Å². The van der Waals surface area contributed by atoms with Gasteiger partial charge in [0, 0.05) is 23.8 Å². The molecule has 124 valence electrons. The molecule has 1 aromatic rings. The highest BCUT2D eigenvalue weighted by molar-refractivity contribution is 8.13. The molecule has 0 heterocycles. The Hall–Kier alpha value is -1.82. The molecular weight excluding hydrogens is 312 g/mol. The minimum atomic E-state index is -0.458. The number of carbonyl (C=O) groups is 3. The molecule has 0 bridgehead atoms. The van der Waals surface area contributed by atoms with E-state index in [0.29, 0.717) is 10.5 Å². The smallest absolute Gasteiger partial charge is 0.252 e. The highest BCUT2D eigenvalue weighted by atomic mass is 32.2. The van der Waals surface area contributed by atoms with Gasteiger partial charge >= 0.3 is 0 Å². The van der Waals surface area contributed by atoms with E-state index >= 15 is 0 Å². The summed E-state index contributed by atoms with van der Waals surface area (Å²) >= 11 is 1.15. The van der Waals surface area contributed by atoms with Crippen molar-refractivity contribution in [2.45, 2.75) is 43.4 Å². The molecule has 1 saturated carbocycles. The van der Waals surface area contributed by atoms with Crippen LogP contribution in [0.25, 0.3) is 0 Å². The zero-order chi connectivity index (χ0) is 16.7. The van der Waals surface area contributed by atoms with Gasteiger partial charge in [-0.3, -0.25) is 14.4 Å². The number of hydrogen-bond acceptors (Lipinski definition) is 4. The molecule has 1 fully saturated rings. The van der Waals surface area contributed by atoms with Crippen molar-refractivity contribution in [3.63, 3.8) is 0 Å². The summed E-state index contributed by atoms with van der Waals surface area (Å²) in [6, 6.07) is 7.05. The first-order valence-electron chi connectivity index (χ1n) is 7.95. The minimum Gasteiger partial charge on any atom is -0.370 e. The highest BCUT2D eigenvalue weighted by Crippen LogP contribution is 2.32. The number of nitrogens with two attached hydrogens (primary N) is 1. The van der Waals surface area contributed by atoms with E-state index in [1.54, 1.807) is 18.2 Å². The standard InChI is InChI=1S/C17H22N2O3S/c18-15(20)10-11-19-16(21)13-8-4-5-9-14(13)23-17(22)12-6-2-1-3-7-12/h4-5,8-9,12H,1-3,6-7,10-11H2,(H2,18,20)(H,19,21). The van der Waals surface area contributed by atoms with E-state index in [1.165, 1.54) is 6.42 Å². The van der Waals surface area contributed by atoms with Crippen molar-refractivity contribution in [1.82, 2.24) is 5.32 Å². The van der Waals surface area contributed by atoms with Crippen LogP contribution in [-0.4, -0.2) is 23.5 Å². The molecular formula is C17H22N2O3S. The summed E-state index contributed by atoms with van der Waals surface area (Å²) in [5, 5.41) is 2.80. The second-order valence-corrected chi connectivity index (χ2v) is 6.77. The van der Waals surface area contributed by atoms with Gasteiger partial charge in [-0.2, -0.15) is 0 Å². The molecule has 1 aliphatic carbocycles. The van der Waals surface area contributed by atoms with E-state index in [0.717, 1.165) is 37.4 Å². The van der Waals surface area contributed by atoms with Crippen LogP contribution in [0.1, 0.15) is 48.9 Å². The van der Waals surface area contributed by atoms with E-state index in [-0.39, 0.29) is 29.9 Å². The number of carbonyl (C=O) groups excluding carboxylic acids is 3. The van der Waals surface area contributed by atoms with Crippen molar-refractivity contribution in [2.24, 2.45) is 11.7 Å². The van der Waals surface area contributed by atoms with Crippen LogP contribution in [-0.2, 0) is 9.59 Å². The van der Waals surface area contributed by atoms with Crippen LogP contribution in [0.3, 0.4) is 0 Å². The molecule has 2 rings (SSSR count). The molecule has 0 aromatic heterocycles. The maximum absolute atomic E-state index is 12.4. The Balaban J connectivity index is 2.00. The summed E-state index contributed by atoms with van der Waals surface area (Å²) in [6.07, 6.45) is 5.39. The highest BCUT2D eigenvalue weighted by Gasteiger charge is 2.23. The van der Waals surface area contributed by atoms with Crippen LogP contribution in [0, 0.1) is 5.92 Å². The molecule has 6 heteroatoms. The summed E-state index contributed by atoms with van der Waals surface area (Å²) in [5.41, 5.74) is 5.52. The quantitative estimate of drug-likeness (QED) is 0.782. The number of hydrogen-bond donors (Lipinski definition) is 2. The first kappa shape index (κ1) is 17.5. The van der Waals surface area contributed by atoms with Gasteiger partial charge in [0.2, 0.25) is 5.91 Å². The average molecular weight is 334 g/mol. The molecule has 0 atom stereocenters. The summed E-state index contributed by atoms with van der Waals surface area (Å²) in [5.74, 6) is -0.647. The van der Waals surface area contributed by atoms with Gasteiger partial charge in [-0.25, -0.2) is 0 Å². The third-order valence-electron chi connectivity index (χ3n) is 3.94. The molecule has 0 radical (unpaired) electrons. The monoisotopic (exact) mass is 334 g/mol. The van der Waals surface area contributed by atoms with Crippen molar-refractivity contribution >= 4 is 28.7 Å². The van der Waals surface area contributed by atoms with Gasteiger partial charge in [-0.15, -0.1) is 0 Å². The number of thioether (sulfide) groups is 1. The Morgan fingerprint density at radius 3 is 2.52 bits per heavy atom. The maximum atomic E-state index is 12.4. The van der Waals surface area contributed by atoms with E-state index in [1.807, 2.05) is 6.07 Å². The van der Waals surface area contributed by atoms with Gasteiger partial charge in [-0.1, -0.05) is 43.2 Å². The molecule has 5 nitrogen and oxygen atoms in total. The summed E-state index contributed by atoms with van der Waals surface area (Å²) in [6.45, 7) is 0.198. The van der Waals surface area contributed by atoms with Crippen molar-refractivity contribution in [3.05, 3.63) is 29.8 Å². The van der Waals surface area contributed by atoms with Gasteiger partial charge in [0.25, 0.3) is 5.91 Å². The maximum Gasteiger partial charge on any atom is 0.252 e. The van der Waals surface area contributed by atoms with E-state index in [2.05, 4.69) is 5.32 Å². The Labute approximate surface area is 140 Å². The third-order valence-corrected chi connectivity index (χ3v) is 5.05. The fourth-order valence-electron chi connectivity index (χ4n) is 2.67. The topological polar surface area (TPSA) is 89.3 Å². The Morgan fingerprint density at radius 2 is 1.83 bits per heavy atom. The van der Waals surface area contributed by atoms with Gasteiger partial charge in [0.1, 0.15) is 0 Å². The third kappa shape index (κ3) is 5.39.